The number of hydrogen-bond acceptors (Lipinski definition) is 7. The molecule has 1 saturated heterocycles. The van der Waals surface area contributed by atoms with Crippen LogP contribution in [-0.2, 0) is 6.54 Å². The summed E-state index contributed by atoms with van der Waals surface area (Å²) < 4.78 is 3.61. The first kappa shape index (κ1) is 16.1. The predicted molar refractivity (Wildman–Crippen MR) is 96.3 cm³/mol. The quantitative estimate of drug-likeness (QED) is 0.516. The van der Waals surface area contributed by atoms with Crippen molar-refractivity contribution in [2.45, 2.75) is 25.3 Å². The zero-order chi connectivity index (χ0) is 18.1. The van der Waals surface area contributed by atoms with Crippen LogP contribution in [0.25, 0.3) is 11.5 Å². The Morgan fingerprint density at radius 1 is 0.926 bits per heavy atom. The smallest absolute Gasteiger partial charge is 0.178 e. The van der Waals surface area contributed by atoms with Gasteiger partial charge in [-0.1, -0.05) is 0 Å². The molecular formula is C17H20N10. The summed E-state index contributed by atoms with van der Waals surface area (Å²) >= 11 is 0. The van der Waals surface area contributed by atoms with Crippen LogP contribution in [0.2, 0.25) is 0 Å². The van der Waals surface area contributed by atoms with E-state index in [1.807, 2.05) is 28.9 Å². The summed E-state index contributed by atoms with van der Waals surface area (Å²) in [5.74, 6) is 2.06. The first-order chi connectivity index (χ1) is 13.4. The molecule has 4 aromatic heterocycles. The largest absolute Gasteiger partial charge is 0.301 e. The van der Waals surface area contributed by atoms with Gasteiger partial charge in [0.05, 0.1) is 18.9 Å². The minimum atomic E-state index is 0.361. The second kappa shape index (κ2) is 6.88. The Morgan fingerprint density at radius 2 is 1.78 bits per heavy atom. The standard InChI is InChI=1S/C17H20N10/c1-6-18-25(9-1)16-3-2-15-21-22-17(27(15)23-16)14-4-10-24(11-5-14)12-13-26-19-7-8-20-26/h1-3,6-9,14H,4-5,10-13H2. The van der Waals surface area contributed by atoms with Crippen molar-refractivity contribution in [3.8, 4) is 5.82 Å². The van der Waals surface area contributed by atoms with Crippen molar-refractivity contribution in [3.05, 3.63) is 48.8 Å². The molecular weight excluding hydrogens is 344 g/mol. The second-order valence-electron chi connectivity index (χ2n) is 6.71. The highest BCUT2D eigenvalue weighted by Crippen LogP contribution is 2.26. The average molecular weight is 364 g/mol. The lowest BCUT2D eigenvalue weighted by atomic mass is 9.96. The van der Waals surface area contributed by atoms with E-state index in [2.05, 4.69) is 30.4 Å². The SMILES string of the molecule is c1cnn(-c2ccc3nnc(C4CCN(CCn5nccn5)CC4)n3n2)c1. The monoisotopic (exact) mass is 364 g/mol. The number of fused-ring (bicyclic) bond motifs is 1. The van der Waals surface area contributed by atoms with Crippen molar-refractivity contribution in [1.29, 1.82) is 0 Å². The third-order valence-electron chi connectivity index (χ3n) is 5.05. The van der Waals surface area contributed by atoms with E-state index in [-0.39, 0.29) is 0 Å². The molecule has 0 amide bonds. The van der Waals surface area contributed by atoms with Gasteiger partial charge in [0.1, 0.15) is 0 Å². The van der Waals surface area contributed by atoms with Crippen LogP contribution in [0.3, 0.4) is 0 Å². The van der Waals surface area contributed by atoms with Crippen LogP contribution in [0.4, 0.5) is 0 Å². The first-order valence-corrected chi connectivity index (χ1v) is 9.16. The number of nitrogens with zero attached hydrogens (tertiary/aromatic N) is 10. The number of likely N-dealkylation sites (tertiary alicyclic amines) is 1. The molecule has 1 fully saturated rings. The molecule has 0 bridgehead atoms. The molecule has 4 aromatic rings. The predicted octanol–water partition coefficient (Wildman–Crippen LogP) is 0.781. The molecule has 5 rings (SSSR count). The van der Waals surface area contributed by atoms with E-state index in [4.69, 9.17) is 5.10 Å². The minimum absolute atomic E-state index is 0.361. The van der Waals surface area contributed by atoms with Gasteiger partial charge in [-0.3, -0.25) is 0 Å². The summed E-state index contributed by atoms with van der Waals surface area (Å²) in [5, 5.41) is 26.0. The van der Waals surface area contributed by atoms with Crippen molar-refractivity contribution in [1.82, 2.24) is 49.5 Å². The Hall–Kier alpha value is -3.14. The lowest BCUT2D eigenvalue weighted by molar-refractivity contribution is 0.196. The highest BCUT2D eigenvalue weighted by molar-refractivity contribution is 5.39. The molecule has 0 unspecified atom stereocenters. The summed E-state index contributed by atoms with van der Waals surface area (Å²) in [7, 11) is 0. The number of aromatic nitrogens is 9. The molecule has 27 heavy (non-hydrogen) atoms. The Bertz CT molecular complexity index is 996. The van der Waals surface area contributed by atoms with Gasteiger partial charge in [-0.2, -0.15) is 24.6 Å². The Kier molecular flexibility index (Phi) is 4.09. The molecule has 10 nitrogen and oxygen atoms in total. The molecule has 0 atom stereocenters. The van der Waals surface area contributed by atoms with Crippen LogP contribution in [0.1, 0.15) is 24.6 Å². The molecule has 1 aliphatic rings. The van der Waals surface area contributed by atoms with Crippen molar-refractivity contribution in [2.75, 3.05) is 19.6 Å². The third-order valence-corrected chi connectivity index (χ3v) is 5.05. The first-order valence-electron chi connectivity index (χ1n) is 9.16. The molecule has 0 aliphatic carbocycles. The number of hydrogen-bond donors (Lipinski definition) is 0. The van der Waals surface area contributed by atoms with Gasteiger partial charge in [-0.05, 0) is 44.1 Å². The Morgan fingerprint density at radius 3 is 2.56 bits per heavy atom. The van der Waals surface area contributed by atoms with E-state index >= 15 is 0 Å². The lowest BCUT2D eigenvalue weighted by Crippen LogP contribution is -2.36. The highest BCUT2D eigenvalue weighted by Gasteiger charge is 2.25. The summed E-state index contributed by atoms with van der Waals surface area (Å²) in [6.07, 6.45) is 9.14. The van der Waals surface area contributed by atoms with Gasteiger partial charge in [0.2, 0.25) is 0 Å². The van der Waals surface area contributed by atoms with Gasteiger partial charge in [-0.15, -0.1) is 15.3 Å². The zero-order valence-corrected chi connectivity index (χ0v) is 14.8. The second-order valence-corrected chi connectivity index (χ2v) is 6.71. The fraction of sp³-hybridized carbons (Fsp3) is 0.412. The summed E-state index contributed by atoms with van der Waals surface area (Å²) in [6, 6.07) is 5.73. The van der Waals surface area contributed by atoms with Gasteiger partial charge in [0, 0.05) is 24.9 Å². The van der Waals surface area contributed by atoms with Crippen LogP contribution in [-0.4, -0.2) is 69.1 Å². The third kappa shape index (κ3) is 3.19. The van der Waals surface area contributed by atoms with Crippen molar-refractivity contribution in [3.63, 3.8) is 0 Å². The molecule has 0 aromatic carbocycles. The summed E-state index contributed by atoms with van der Waals surface area (Å²) in [4.78, 5) is 4.19. The van der Waals surface area contributed by atoms with Crippen LogP contribution < -0.4 is 0 Å². The van der Waals surface area contributed by atoms with E-state index in [0.717, 1.165) is 56.3 Å². The van der Waals surface area contributed by atoms with Crippen LogP contribution in [0.5, 0.6) is 0 Å². The van der Waals surface area contributed by atoms with Crippen LogP contribution >= 0.6 is 0 Å². The number of rotatable bonds is 5. The van der Waals surface area contributed by atoms with Gasteiger partial charge < -0.3 is 4.90 Å². The maximum atomic E-state index is 4.70. The molecule has 138 valence electrons. The summed E-state index contributed by atoms with van der Waals surface area (Å²) in [5.41, 5.74) is 0.771. The van der Waals surface area contributed by atoms with Crippen molar-refractivity contribution < 1.29 is 0 Å². The highest BCUT2D eigenvalue weighted by atomic mass is 15.5. The van der Waals surface area contributed by atoms with E-state index in [0.29, 0.717) is 5.92 Å². The molecule has 10 heteroatoms. The molecule has 0 N–H and O–H groups in total. The Labute approximate surface area is 155 Å². The zero-order valence-electron chi connectivity index (χ0n) is 14.8. The minimum Gasteiger partial charge on any atom is -0.301 e. The van der Waals surface area contributed by atoms with E-state index in [1.165, 1.54) is 0 Å². The molecule has 1 aliphatic heterocycles. The van der Waals surface area contributed by atoms with Gasteiger partial charge in [0.15, 0.2) is 17.3 Å². The van der Waals surface area contributed by atoms with Gasteiger partial charge >= 0.3 is 0 Å². The van der Waals surface area contributed by atoms with Crippen LogP contribution in [0, 0.1) is 0 Å². The maximum Gasteiger partial charge on any atom is 0.178 e. The molecule has 0 spiro atoms. The number of piperidine rings is 1. The lowest BCUT2D eigenvalue weighted by Gasteiger charge is -2.30. The average Bonchev–Trinajstić information content (AvgIpc) is 3.48. The van der Waals surface area contributed by atoms with Crippen molar-refractivity contribution >= 4 is 5.65 Å². The molecule has 0 saturated carbocycles. The Balaban J connectivity index is 1.29. The fourth-order valence-corrected chi connectivity index (χ4v) is 3.58. The fourth-order valence-electron chi connectivity index (χ4n) is 3.58. The normalized spacial score (nSPS) is 16.3. The maximum absolute atomic E-state index is 4.70. The van der Waals surface area contributed by atoms with Crippen molar-refractivity contribution in [2.24, 2.45) is 0 Å². The topological polar surface area (TPSA) is 94.8 Å². The van der Waals surface area contributed by atoms with Crippen LogP contribution in [0.15, 0.2) is 43.0 Å². The van der Waals surface area contributed by atoms with Gasteiger partial charge in [0.25, 0.3) is 0 Å². The van der Waals surface area contributed by atoms with E-state index < -0.39 is 0 Å². The van der Waals surface area contributed by atoms with E-state index in [1.54, 1.807) is 28.1 Å². The molecule has 5 heterocycles. The van der Waals surface area contributed by atoms with Gasteiger partial charge in [-0.25, -0.2) is 4.68 Å². The molecule has 0 radical (unpaired) electrons. The van der Waals surface area contributed by atoms with E-state index in [9.17, 15) is 0 Å². The summed E-state index contributed by atoms with van der Waals surface area (Å²) in [6.45, 7) is 3.84.